The molecule has 10 heteroatoms. The molecule has 0 amide bonds. The summed E-state index contributed by atoms with van der Waals surface area (Å²) in [7, 11) is 0. The fraction of sp³-hybridized carbons (Fsp3) is 0.400. The van der Waals surface area contributed by atoms with E-state index in [1.807, 2.05) is 38.1 Å². The van der Waals surface area contributed by atoms with Crippen LogP contribution in [0.4, 0.5) is 0 Å². The molecule has 4 aromatic rings. The van der Waals surface area contributed by atoms with Gasteiger partial charge in [0.25, 0.3) is 0 Å². The largest absolute Gasteiger partial charge is 0.493 e. The molecule has 1 unspecified atom stereocenters. The summed E-state index contributed by atoms with van der Waals surface area (Å²) >= 11 is 6.80. The van der Waals surface area contributed by atoms with Crippen molar-refractivity contribution in [2.75, 3.05) is 32.9 Å². The normalized spacial score (nSPS) is 12.3. The van der Waals surface area contributed by atoms with Crippen LogP contribution in [0.2, 0.25) is 5.02 Å². The smallest absolute Gasteiger partial charge is 0.142 e. The van der Waals surface area contributed by atoms with Gasteiger partial charge in [0.1, 0.15) is 36.5 Å². The number of rotatable bonds is 20. The Labute approximate surface area is 301 Å². The van der Waals surface area contributed by atoms with Gasteiger partial charge in [-0.2, -0.15) is 5.26 Å². The second kappa shape index (κ2) is 19.3. The topological polar surface area (TPSA) is 129 Å². The van der Waals surface area contributed by atoms with E-state index in [1.165, 1.54) is 6.20 Å². The summed E-state index contributed by atoms with van der Waals surface area (Å²) in [5.74, 6) is 1.92. The zero-order valence-electron chi connectivity index (χ0n) is 29.5. The number of pyridine rings is 1. The molecule has 1 heterocycles. The van der Waals surface area contributed by atoms with E-state index in [0.29, 0.717) is 41.8 Å². The summed E-state index contributed by atoms with van der Waals surface area (Å²) < 4.78 is 18.8. The van der Waals surface area contributed by atoms with Crippen molar-refractivity contribution < 1.29 is 24.4 Å². The quantitative estimate of drug-likeness (QED) is 0.0718. The minimum atomic E-state index is -0.463. The third-order valence-electron chi connectivity index (χ3n) is 8.94. The van der Waals surface area contributed by atoms with Crippen LogP contribution in [0.1, 0.15) is 66.5 Å². The lowest BCUT2D eigenvalue weighted by Crippen LogP contribution is -2.44. The fourth-order valence-electron chi connectivity index (χ4n) is 5.41. The van der Waals surface area contributed by atoms with Crippen molar-refractivity contribution in [2.45, 2.75) is 72.3 Å². The first-order chi connectivity index (χ1) is 24.2. The molecule has 0 bridgehead atoms. The first kappa shape index (κ1) is 38.6. The highest BCUT2D eigenvalue weighted by molar-refractivity contribution is 6.32. The van der Waals surface area contributed by atoms with E-state index in [0.717, 1.165) is 77.0 Å². The molecule has 0 saturated heterocycles. The number of aliphatic hydroxyl groups is 2. The Hall–Kier alpha value is -4.17. The summed E-state index contributed by atoms with van der Waals surface area (Å²) in [6, 6.07) is 19.8. The highest BCUT2D eigenvalue weighted by Crippen LogP contribution is 2.36. The van der Waals surface area contributed by atoms with E-state index < -0.39 is 5.54 Å². The number of aromatic nitrogens is 1. The Morgan fingerprint density at radius 3 is 2.34 bits per heavy atom. The third kappa shape index (κ3) is 10.7. The van der Waals surface area contributed by atoms with E-state index in [4.69, 9.17) is 30.9 Å². The number of halogens is 1. The lowest BCUT2D eigenvalue weighted by Gasteiger charge is -2.28. The van der Waals surface area contributed by atoms with Crippen LogP contribution in [0.5, 0.6) is 17.2 Å². The number of benzene rings is 3. The molecule has 266 valence electrons. The van der Waals surface area contributed by atoms with E-state index in [1.54, 1.807) is 18.3 Å². The lowest BCUT2D eigenvalue weighted by atomic mass is 9.93. The second-order valence-electron chi connectivity index (χ2n) is 12.6. The molecule has 1 atom stereocenters. The summed E-state index contributed by atoms with van der Waals surface area (Å²) in [6.45, 7) is 11.5. The van der Waals surface area contributed by atoms with Crippen molar-refractivity contribution >= 4 is 11.6 Å². The molecule has 0 aliphatic heterocycles. The highest BCUT2D eigenvalue weighted by atomic mass is 35.5. The van der Waals surface area contributed by atoms with Gasteiger partial charge in [-0.15, -0.1) is 0 Å². The van der Waals surface area contributed by atoms with Gasteiger partial charge in [-0.25, -0.2) is 0 Å². The lowest BCUT2D eigenvalue weighted by molar-refractivity contribution is 0.168. The van der Waals surface area contributed by atoms with Gasteiger partial charge < -0.3 is 35.1 Å². The van der Waals surface area contributed by atoms with Gasteiger partial charge in [-0.3, -0.25) is 4.98 Å². The molecule has 0 aliphatic rings. The number of nitriles is 1. The predicted octanol–water partition coefficient (Wildman–Crippen LogP) is 7.04. The van der Waals surface area contributed by atoms with Gasteiger partial charge >= 0.3 is 0 Å². The fourth-order valence-corrected chi connectivity index (χ4v) is 5.65. The Kier molecular flexibility index (Phi) is 14.9. The molecule has 4 N–H and O–H groups in total. The number of aliphatic hydroxyl groups excluding tert-OH is 2. The van der Waals surface area contributed by atoms with Crippen molar-refractivity contribution in [3.05, 3.63) is 105 Å². The third-order valence-corrected chi connectivity index (χ3v) is 9.23. The molecule has 4 rings (SSSR count). The van der Waals surface area contributed by atoms with Crippen molar-refractivity contribution in [3.8, 4) is 34.4 Å². The molecule has 9 nitrogen and oxygen atoms in total. The number of hydrogen-bond acceptors (Lipinski definition) is 9. The molecule has 0 radical (unpaired) electrons. The van der Waals surface area contributed by atoms with Gasteiger partial charge in [0.15, 0.2) is 0 Å². The van der Waals surface area contributed by atoms with Crippen LogP contribution in [-0.2, 0) is 19.8 Å². The number of nitrogens with one attached hydrogen (secondary N) is 2. The standard InChI is InChI=1S/C40H49ClN4O5/c1-5-40(4,27-47)45-24-33-19-36(41)39(20-38(33)49-25-31-18-30(21-42)22-44-23-31)50-26-32-10-6-11-34(28(32)2)35-12-7-13-37(29(35)3)48-17-9-15-43-14-8-16-46/h6-7,10-13,18-20,22-23,43,45-47H,5,8-9,14-17,24-27H2,1-4H3. The van der Waals surface area contributed by atoms with Gasteiger partial charge in [-0.05, 0) is 99.1 Å². The SMILES string of the molecule is CCC(C)(CO)NCc1cc(Cl)c(OCc2cccc(-c3cccc(OCCCNCCCO)c3C)c2C)cc1OCc1cncc(C#N)c1. The van der Waals surface area contributed by atoms with Crippen LogP contribution in [0.3, 0.4) is 0 Å². The average molecular weight is 701 g/mol. The zero-order valence-corrected chi connectivity index (χ0v) is 30.3. The van der Waals surface area contributed by atoms with Gasteiger partial charge in [0, 0.05) is 48.3 Å². The van der Waals surface area contributed by atoms with Crippen LogP contribution in [0.25, 0.3) is 11.1 Å². The maximum atomic E-state index is 9.94. The monoisotopic (exact) mass is 700 g/mol. The van der Waals surface area contributed by atoms with E-state index in [2.05, 4.69) is 53.7 Å². The molecule has 0 saturated carbocycles. The van der Waals surface area contributed by atoms with Crippen LogP contribution in [0.15, 0.2) is 67.0 Å². The van der Waals surface area contributed by atoms with Gasteiger partial charge in [-0.1, -0.05) is 48.9 Å². The van der Waals surface area contributed by atoms with E-state index in [9.17, 15) is 10.4 Å². The first-order valence-corrected chi connectivity index (χ1v) is 17.5. The maximum absolute atomic E-state index is 9.94. The van der Waals surface area contributed by atoms with Crippen LogP contribution < -0.4 is 24.8 Å². The molecule has 0 fully saturated rings. The minimum absolute atomic E-state index is 0.0129. The summed E-state index contributed by atoms with van der Waals surface area (Å²) in [6.07, 6.45) is 5.55. The van der Waals surface area contributed by atoms with Crippen molar-refractivity contribution in [1.82, 2.24) is 15.6 Å². The Bertz CT molecular complexity index is 1740. The second-order valence-corrected chi connectivity index (χ2v) is 13.0. The van der Waals surface area contributed by atoms with Gasteiger partial charge in [0.05, 0.1) is 23.8 Å². The van der Waals surface area contributed by atoms with Crippen molar-refractivity contribution in [1.29, 1.82) is 5.26 Å². The van der Waals surface area contributed by atoms with Gasteiger partial charge in [0.2, 0.25) is 0 Å². The van der Waals surface area contributed by atoms with E-state index in [-0.39, 0.29) is 19.8 Å². The van der Waals surface area contributed by atoms with Crippen LogP contribution in [-0.4, -0.2) is 53.6 Å². The molecule has 50 heavy (non-hydrogen) atoms. The highest BCUT2D eigenvalue weighted by Gasteiger charge is 2.22. The average Bonchev–Trinajstić information content (AvgIpc) is 3.13. The maximum Gasteiger partial charge on any atom is 0.142 e. The zero-order chi connectivity index (χ0) is 35.9. The first-order valence-electron chi connectivity index (χ1n) is 17.1. The molecule has 3 aromatic carbocycles. The summed E-state index contributed by atoms with van der Waals surface area (Å²) in [5.41, 5.74) is 6.97. The Balaban J connectivity index is 1.51. The predicted molar refractivity (Wildman–Crippen MR) is 198 cm³/mol. The number of hydrogen-bond donors (Lipinski definition) is 4. The van der Waals surface area contributed by atoms with Crippen molar-refractivity contribution in [3.63, 3.8) is 0 Å². The Morgan fingerprint density at radius 2 is 1.60 bits per heavy atom. The summed E-state index contributed by atoms with van der Waals surface area (Å²) in [4.78, 5) is 4.15. The number of ether oxygens (including phenoxy) is 3. The molecular weight excluding hydrogens is 652 g/mol. The Morgan fingerprint density at radius 1 is 0.860 bits per heavy atom. The van der Waals surface area contributed by atoms with Crippen molar-refractivity contribution in [2.24, 2.45) is 0 Å². The minimum Gasteiger partial charge on any atom is -0.493 e. The molecule has 1 aromatic heterocycles. The van der Waals surface area contributed by atoms with Crippen LogP contribution in [0, 0.1) is 25.2 Å². The molecule has 0 spiro atoms. The number of nitrogens with zero attached hydrogens (tertiary/aromatic N) is 2. The molecule has 0 aliphatic carbocycles. The summed E-state index contributed by atoms with van der Waals surface area (Å²) in [5, 5.41) is 35.4. The van der Waals surface area contributed by atoms with E-state index >= 15 is 0 Å². The van der Waals surface area contributed by atoms with Crippen LogP contribution >= 0.6 is 11.6 Å². The molecular formula is C40H49ClN4O5.